The van der Waals surface area contributed by atoms with Gasteiger partial charge in [0.1, 0.15) is 5.82 Å². The Balaban J connectivity index is 1.63. The fourth-order valence-corrected chi connectivity index (χ4v) is 3.86. The number of alkyl halides is 3. The summed E-state index contributed by atoms with van der Waals surface area (Å²) in [6.07, 6.45) is -2.16. The molecular weight excluding hydrogens is 358 g/mol. The van der Waals surface area contributed by atoms with Gasteiger partial charge in [0.15, 0.2) is 0 Å². The Morgan fingerprint density at radius 1 is 1.04 bits per heavy atom. The number of halogens is 4. The van der Waals surface area contributed by atoms with Crippen molar-refractivity contribution in [2.75, 3.05) is 13.2 Å². The predicted molar refractivity (Wildman–Crippen MR) is 94.4 cm³/mol. The molecule has 2 aliphatic heterocycles. The van der Waals surface area contributed by atoms with Gasteiger partial charge in [-0.05, 0) is 35.3 Å². The van der Waals surface area contributed by atoms with Crippen LogP contribution in [-0.4, -0.2) is 30.2 Å². The van der Waals surface area contributed by atoms with Crippen molar-refractivity contribution in [3.05, 3.63) is 77.1 Å². The van der Waals surface area contributed by atoms with Gasteiger partial charge in [-0.1, -0.05) is 42.5 Å². The van der Waals surface area contributed by atoms with Gasteiger partial charge in [-0.2, -0.15) is 13.2 Å². The van der Waals surface area contributed by atoms with Gasteiger partial charge in [-0.25, -0.2) is 4.39 Å². The van der Waals surface area contributed by atoms with Gasteiger partial charge >= 0.3 is 6.18 Å². The smallest absolute Gasteiger partial charge is 0.378 e. The quantitative estimate of drug-likeness (QED) is 0.706. The minimum atomic E-state index is -4.70. The zero-order valence-electron chi connectivity index (χ0n) is 14.5. The molecule has 1 saturated heterocycles. The van der Waals surface area contributed by atoms with Crippen LogP contribution in [0.1, 0.15) is 23.1 Å². The molecule has 142 valence electrons. The van der Waals surface area contributed by atoms with E-state index in [9.17, 15) is 17.6 Å². The number of rotatable bonds is 3. The predicted octanol–water partition coefficient (Wildman–Crippen LogP) is 4.90. The summed E-state index contributed by atoms with van der Waals surface area (Å²) in [6.45, 7) is 1.80. The molecule has 2 heterocycles. The molecule has 4 rings (SSSR count). The lowest BCUT2D eigenvalue weighted by Gasteiger charge is -2.45. The Bertz CT molecular complexity index is 847. The van der Waals surface area contributed by atoms with Crippen molar-refractivity contribution in [2.24, 2.45) is 0 Å². The van der Waals surface area contributed by atoms with E-state index in [0.717, 1.165) is 24.3 Å². The molecule has 0 aromatic heterocycles. The van der Waals surface area contributed by atoms with Crippen LogP contribution in [0.25, 0.3) is 5.57 Å². The van der Waals surface area contributed by atoms with E-state index in [0.29, 0.717) is 25.2 Å². The van der Waals surface area contributed by atoms with Crippen LogP contribution >= 0.6 is 0 Å². The monoisotopic (exact) mass is 377 g/mol. The van der Waals surface area contributed by atoms with Gasteiger partial charge in [0, 0.05) is 12.6 Å². The van der Waals surface area contributed by atoms with Crippen LogP contribution in [-0.2, 0) is 17.5 Å². The molecule has 2 aromatic rings. The Labute approximate surface area is 155 Å². The van der Waals surface area contributed by atoms with Crippen LogP contribution < -0.4 is 0 Å². The largest absolute Gasteiger partial charge is 0.419 e. The molecule has 2 nitrogen and oxygen atoms in total. The molecule has 2 aromatic carbocycles. The van der Waals surface area contributed by atoms with E-state index < -0.39 is 17.6 Å². The lowest BCUT2D eigenvalue weighted by atomic mass is 9.88. The molecule has 2 aliphatic rings. The summed E-state index contributed by atoms with van der Waals surface area (Å²) >= 11 is 0. The van der Waals surface area contributed by atoms with Gasteiger partial charge < -0.3 is 4.74 Å². The van der Waals surface area contributed by atoms with E-state index in [-0.39, 0.29) is 12.1 Å². The van der Waals surface area contributed by atoms with Crippen molar-refractivity contribution in [3.63, 3.8) is 0 Å². The van der Waals surface area contributed by atoms with Crippen molar-refractivity contribution in [2.45, 2.75) is 31.2 Å². The van der Waals surface area contributed by atoms with E-state index in [2.05, 4.69) is 17.0 Å². The maximum atomic E-state index is 13.6. The van der Waals surface area contributed by atoms with Crippen LogP contribution in [0.4, 0.5) is 17.6 Å². The van der Waals surface area contributed by atoms with Crippen molar-refractivity contribution >= 4 is 5.57 Å². The molecule has 2 atom stereocenters. The van der Waals surface area contributed by atoms with Crippen LogP contribution in [0.3, 0.4) is 0 Å². The van der Waals surface area contributed by atoms with Crippen molar-refractivity contribution < 1.29 is 22.3 Å². The fraction of sp³-hybridized carbons (Fsp3) is 0.333. The first-order valence-electron chi connectivity index (χ1n) is 8.87. The first-order chi connectivity index (χ1) is 12.9. The summed E-state index contributed by atoms with van der Waals surface area (Å²) in [5.41, 5.74) is 1.23. The molecule has 0 radical (unpaired) electrons. The summed E-state index contributed by atoms with van der Waals surface area (Å²) in [6, 6.07) is 13.4. The Kier molecular flexibility index (Phi) is 4.78. The summed E-state index contributed by atoms with van der Waals surface area (Å²) < 4.78 is 58.4. The lowest BCUT2D eigenvalue weighted by molar-refractivity contribution is -0.140. The maximum Gasteiger partial charge on any atom is 0.419 e. The first kappa shape index (κ1) is 18.2. The standard InChI is InChI=1S/C21H19F4NO/c22-20-7-6-15(10-19(20)21(23,24)25)16-8-17-12-27-13-18(9-16)26(17)11-14-4-2-1-3-5-14/h1-8,10,17-18H,9,11-13H2. The Hall–Kier alpha value is -2.18. The lowest BCUT2D eigenvalue weighted by Crippen LogP contribution is -2.53. The van der Waals surface area contributed by atoms with Crippen LogP contribution in [0.5, 0.6) is 0 Å². The number of fused-ring (bicyclic) bond motifs is 2. The zero-order valence-corrected chi connectivity index (χ0v) is 14.5. The third kappa shape index (κ3) is 3.77. The molecule has 2 bridgehead atoms. The second-order valence-corrected chi connectivity index (χ2v) is 7.00. The second-order valence-electron chi connectivity index (χ2n) is 7.00. The normalized spacial score (nSPS) is 23.2. The first-order valence-corrected chi connectivity index (χ1v) is 8.87. The SMILES string of the molecule is Fc1ccc(C2=CC3COCC(C2)N3Cc2ccccc2)cc1C(F)(F)F. The number of ether oxygens (including phenoxy) is 1. The molecule has 0 amide bonds. The van der Waals surface area contributed by atoms with Gasteiger partial charge in [-0.3, -0.25) is 4.90 Å². The van der Waals surface area contributed by atoms with E-state index in [4.69, 9.17) is 4.74 Å². The average molecular weight is 377 g/mol. The van der Waals surface area contributed by atoms with E-state index in [1.54, 1.807) is 0 Å². The number of morpholine rings is 1. The second kappa shape index (κ2) is 7.09. The van der Waals surface area contributed by atoms with Crippen LogP contribution in [0.2, 0.25) is 0 Å². The van der Waals surface area contributed by atoms with Crippen molar-refractivity contribution in [1.29, 1.82) is 0 Å². The Morgan fingerprint density at radius 3 is 2.52 bits per heavy atom. The third-order valence-corrected chi connectivity index (χ3v) is 5.19. The molecule has 0 aliphatic carbocycles. The topological polar surface area (TPSA) is 12.5 Å². The average Bonchev–Trinajstić information content (AvgIpc) is 2.62. The molecule has 1 fully saturated rings. The van der Waals surface area contributed by atoms with Gasteiger partial charge in [0.2, 0.25) is 0 Å². The van der Waals surface area contributed by atoms with Crippen LogP contribution in [0, 0.1) is 5.82 Å². The zero-order chi connectivity index (χ0) is 19.0. The minimum absolute atomic E-state index is 0.00732. The minimum Gasteiger partial charge on any atom is -0.378 e. The summed E-state index contributed by atoms with van der Waals surface area (Å²) in [5.74, 6) is -1.24. The van der Waals surface area contributed by atoms with Gasteiger partial charge in [-0.15, -0.1) is 0 Å². The number of nitrogens with zero attached hydrogens (tertiary/aromatic N) is 1. The molecular formula is C21H19F4NO. The summed E-state index contributed by atoms with van der Waals surface area (Å²) in [4.78, 5) is 2.33. The van der Waals surface area contributed by atoms with E-state index >= 15 is 0 Å². The third-order valence-electron chi connectivity index (χ3n) is 5.19. The molecule has 0 saturated carbocycles. The highest BCUT2D eigenvalue weighted by Crippen LogP contribution is 2.37. The number of hydrogen-bond acceptors (Lipinski definition) is 2. The molecule has 27 heavy (non-hydrogen) atoms. The van der Waals surface area contributed by atoms with Crippen molar-refractivity contribution in [1.82, 2.24) is 4.90 Å². The molecule has 0 spiro atoms. The summed E-state index contributed by atoms with van der Waals surface area (Å²) in [7, 11) is 0. The van der Waals surface area contributed by atoms with Gasteiger partial charge in [0.25, 0.3) is 0 Å². The number of benzene rings is 2. The highest BCUT2D eigenvalue weighted by molar-refractivity contribution is 5.68. The molecule has 0 N–H and O–H groups in total. The fourth-order valence-electron chi connectivity index (χ4n) is 3.86. The maximum absolute atomic E-state index is 13.6. The van der Waals surface area contributed by atoms with Gasteiger partial charge in [0.05, 0.1) is 24.8 Å². The highest BCUT2D eigenvalue weighted by Gasteiger charge is 2.37. The summed E-state index contributed by atoms with van der Waals surface area (Å²) in [5, 5.41) is 0. The molecule has 2 unspecified atom stereocenters. The molecule has 6 heteroatoms. The van der Waals surface area contributed by atoms with E-state index in [1.807, 2.05) is 24.3 Å². The highest BCUT2D eigenvalue weighted by atomic mass is 19.4. The van der Waals surface area contributed by atoms with E-state index in [1.165, 1.54) is 11.6 Å². The van der Waals surface area contributed by atoms with Crippen LogP contribution in [0.15, 0.2) is 54.6 Å². The van der Waals surface area contributed by atoms with Crippen molar-refractivity contribution in [3.8, 4) is 0 Å². The Morgan fingerprint density at radius 2 is 1.81 bits per heavy atom. The number of hydrogen-bond donors (Lipinski definition) is 0.